The second kappa shape index (κ2) is 9.02. The maximum absolute atomic E-state index is 12.2. The van der Waals surface area contributed by atoms with Crippen LogP contribution in [-0.4, -0.2) is 24.6 Å². The lowest BCUT2D eigenvalue weighted by Gasteiger charge is -2.23. The molecule has 2 aromatic rings. The van der Waals surface area contributed by atoms with Crippen molar-refractivity contribution in [1.29, 1.82) is 0 Å². The summed E-state index contributed by atoms with van der Waals surface area (Å²) in [4.78, 5) is 12.2. The number of methoxy groups -OCH3 is 1. The summed E-state index contributed by atoms with van der Waals surface area (Å²) in [5, 5.41) is 0. The molecule has 0 atom stereocenters. The second-order valence-corrected chi connectivity index (χ2v) is 8.22. The van der Waals surface area contributed by atoms with Gasteiger partial charge in [0.1, 0.15) is 11.5 Å². The van der Waals surface area contributed by atoms with Crippen molar-refractivity contribution < 1.29 is 14.3 Å². The summed E-state index contributed by atoms with van der Waals surface area (Å²) < 4.78 is 11.2. The molecule has 0 aromatic heterocycles. The normalized spacial score (nSPS) is 15.2. The number of carbonyl (C=O) groups is 1. The first-order valence-electron chi connectivity index (χ1n) is 8.12. The molecule has 25 heavy (non-hydrogen) atoms. The fraction of sp³-hybridized carbons (Fsp3) is 0.250. The molecule has 1 aliphatic heterocycles. The van der Waals surface area contributed by atoms with Gasteiger partial charge >= 0.3 is 5.97 Å². The van der Waals surface area contributed by atoms with E-state index in [4.69, 9.17) is 9.47 Å². The Labute approximate surface area is 156 Å². The first kappa shape index (κ1) is 18.0. The zero-order chi connectivity index (χ0) is 17.5. The smallest absolute Gasteiger partial charge is 0.336 e. The predicted molar refractivity (Wildman–Crippen MR) is 106 cm³/mol. The van der Waals surface area contributed by atoms with Gasteiger partial charge in [-0.3, -0.25) is 0 Å². The third-order valence-electron chi connectivity index (χ3n) is 3.72. The van der Waals surface area contributed by atoms with Crippen molar-refractivity contribution in [1.82, 2.24) is 0 Å². The van der Waals surface area contributed by atoms with E-state index in [0.29, 0.717) is 5.75 Å². The Hall–Kier alpha value is -1.85. The molecule has 0 saturated carbocycles. The van der Waals surface area contributed by atoms with Gasteiger partial charge in [-0.05, 0) is 47.8 Å². The standard InChI is InChI=1S/C20H20O3S2/c1-22-16-9-10-18(17(14-16)20-24-12-5-13-25-20)23-19(21)11-8-15-6-3-2-4-7-15/h2-4,6-11,14,20H,5,12-13H2,1H3/b11-8+. The van der Waals surface area contributed by atoms with Crippen LogP contribution < -0.4 is 9.47 Å². The van der Waals surface area contributed by atoms with E-state index in [0.717, 1.165) is 28.4 Å². The molecule has 1 aliphatic rings. The van der Waals surface area contributed by atoms with Crippen molar-refractivity contribution in [2.24, 2.45) is 0 Å². The number of ether oxygens (including phenoxy) is 2. The molecule has 0 bridgehead atoms. The number of thioether (sulfide) groups is 2. The van der Waals surface area contributed by atoms with E-state index in [1.807, 2.05) is 72.1 Å². The van der Waals surface area contributed by atoms with Gasteiger partial charge in [0.15, 0.2) is 0 Å². The zero-order valence-electron chi connectivity index (χ0n) is 14.0. The molecule has 0 spiro atoms. The van der Waals surface area contributed by atoms with E-state index in [-0.39, 0.29) is 10.6 Å². The van der Waals surface area contributed by atoms with Crippen molar-refractivity contribution in [3.8, 4) is 11.5 Å². The molecule has 1 saturated heterocycles. The van der Waals surface area contributed by atoms with Crippen LogP contribution in [0.25, 0.3) is 6.08 Å². The molecule has 5 heteroatoms. The third kappa shape index (κ3) is 5.06. The van der Waals surface area contributed by atoms with E-state index in [2.05, 4.69) is 0 Å². The van der Waals surface area contributed by atoms with Crippen LogP contribution in [0.3, 0.4) is 0 Å². The van der Waals surface area contributed by atoms with Crippen molar-refractivity contribution in [3.63, 3.8) is 0 Å². The summed E-state index contributed by atoms with van der Waals surface area (Å²) in [5.74, 6) is 3.25. The Morgan fingerprint density at radius 1 is 1.12 bits per heavy atom. The Morgan fingerprint density at radius 2 is 1.88 bits per heavy atom. The van der Waals surface area contributed by atoms with E-state index in [1.54, 1.807) is 13.2 Å². The van der Waals surface area contributed by atoms with Crippen LogP contribution in [0.1, 0.15) is 22.1 Å². The second-order valence-electron chi connectivity index (χ2n) is 5.50. The first-order chi connectivity index (χ1) is 12.3. The minimum absolute atomic E-state index is 0.268. The highest BCUT2D eigenvalue weighted by Crippen LogP contribution is 2.47. The van der Waals surface area contributed by atoms with Crippen LogP contribution in [0.4, 0.5) is 0 Å². The number of rotatable bonds is 5. The number of carbonyl (C=O) groups excluding carboxylic acids is 1. The summed E-state index contributed by atoms with van der Waals surface area (Å²) in [6, 6.07) is 15.3. The van der Waals surface area contributed by atoms with Gasteiger partial charge in [0.25, 0.3) is 0 Å². The fourth-order valence-corrected chi connectivity index (χ4v) is 5.39. The van der Waals surface area contributed by atoms with E-state index in [1.165, 1.54) is 12.5 Å². The highest BCUT2D eigenvalue weighted by Gasteiger charge is 2.22. The van der Waals surface area contributed by atoms with E-state index >= 15 is 0 Å². The molecule has 1 fully saturated rings. The van der Waals surface area contributed by atoms with Crippen molar-refractivity contribution in [2.45, 2.75) is 11.0 Å². The van der Waals surface area contributed by atoms with E-state index in [9.17, 15) is 4.79 Å². The van der Waals surface area contributed by atoms with Crippen LogP contribution in [0, 0.1) is 0 Å². The lowest BCUT2D eigenvalue weighted by Crippen LogP contribution is -2.08. The third-order valence-corrected chi connectivity index (χ3v) is 6.70. The van der Waals surface area contributed by atoms with Crippen LogP contribution >= 0.6 is 23.5 Å². The number of benzene rings is 2. The van der Waals surface area contributed by atoms with Gasteiger partial charge in [-0.2, -0.15) is 0 Å². The Kier molecular flexibility index (Phi) is 6.48. The molecule has 0 unspecified atom stereocenters. The number of esters is 1. The summed E-state index contributed by atoms with van der Waals surface area (Å²) in [7, 11) is 1.65. The maximum Gasteiger partial charge on any atom is 0.336 e. The molecule has 2 aromatic carbocycles. The van der Waals surface area contributed by atoms with Gasteiger partial charge in [0, 0.05) is 11.6 Å². The summed E-state index contributed by atoms with van der Waals surface area (Å²) in [6.45, 7) is 0. The fourth-order valence-electron chi connectivity index (χ4n) is 2.47. The Bertz CT molecular complexity index is 738. The highest BCUT2D eigenvalue weighted by molar-refractivity contribution is 8.16. The lowest BCUT2D eigenvalue weighted by molar-refractivity contribution is -0.128. The molecule has 130 valence electrons. The number of hydrogen-bond donors (Lipinski definition) is 0. The van der Waals surface area contributed by atoms with Crippen LogP contribution in [0.5, 0.6) is 11.5 Å². The molecule has 1 heterocycles. The van der Waals surface area contributed by atoms with E-state index < -0.39 is 0 Å². The first-order valence-corrected chi connectivity index (χ1v) is 10.2. The molecular formula is C20H20O3S2. The SMILES string of the molecule is COc1ccc(OC(=O)/C=C/c2ccccc2)c(C2SCCCS2)c1. The minimum atomic E-state index is -0.374. The summed E-state index contributed by atoms with van der Waals surface area (Å²) >= 11 is 3.77. The molecule has 0 aliphatic carbocycles. The molecule has 3 nitrogen and oxygen atoms in total. The lowest BCUT2D eigenvalue weighted by atomic mass is 10.2. The van der Waals surface area contributed by atoms with Gasteiger partial charge in [0.2, 0.25) is 0 Å². The van der Waals surface area contributed by atoms with Crippen molar-refractivity contribution in [2.75, 3.05) is 18.6 Å². The average molecular weight is 373 g/mol. The Balaban J connectivity index is 1.76. The van der Waals surface area contributed by atoms with Gasteiger partial charge in [0.05, 0.1) is 11.7 Å². The number of hydrogen-bond acceptors (Lipinski definition) is 5. The Morgan fingerprint density at radius 3 is 2.60 bits per heavy atom. The molecule has 0 N–H and O–H groups in total. The monoisotopic (exact) mass is 372 g/mol. The molecule has 3 rings (SSSR count). The van der Waals surface area contributed by atoms with Gasteiger partial charge in [-0.1, -0.05) is 30.3 Å². The van der Waals surface area contributed by atoms with Gasteiger partial charge in [-0.25, -0.2) is 4.79 Å². The highest BCUT2D eigenvalue weighted by atomic mass is 32.2. The largest absolute Gasteiger partial charge is 0.497 e. The minimum Gasteiger partial charge on any atom is -0.497 e. The molecule has 0 radical (unpaired) electrons. The average Bonchev–Trinajstić information content (AvgIpc) is 2.68. The summed E-state index contributed by atoms with van der Waals surface area (Å²) in [5.41, 5.74) is 1.98. The van der Waals surface area contributed by atoms with Crippen LogP contribution in [-0.2, 0) is 4.79 Å². The van der Waals surface area contributed by atoms with Crippen molar-refractivity contribution >= 4 is 35.6 Å². The molecular weight excluding hydrogens is 352 g/mol. The van der Waals surface area contributed by atoms with Gasteiger partial charge < -0.3 is 9.47 Å². The maximum atomic E-state index is 12.2. The van der Waals surface area contributed by atoms with Crippen LogP contribution in [0.15, 0.2) is 54.6 Å². The summed E-state index contributed by atoms with van der Waals surface area (Å²) in [6.07, 6.45) is 4.44. The predicted octanol–water partition coefficient (Wildman–Crippen LogP) is 5.18. The quantitative estimate of drug-likeness (QED) is 0.410. The van der Waals surface area contributed by atoms with Gasteiger partial charge in [-0.15, -0.1) is 23.5 Å². The van der Waals surface area contributed by atoms with Crippen molar-refractivity contribution in [3.05, 3.63) is 65.7 Å². The topological polar surface area (TPSA) is 35.5 Å². The van der Waals surface area contributed by atoms with Crippen LogP contribution in [0.2, 0.25) is 0 Å². The molecule has 0 amide bonds. The zero-order valence-corrected chi connectivity index (χ0v) is 15.6.